The van der Waals surface area contributed by atoms with Crippen molar-refractivity contribution in [2.24, 2.45) is 11.3 Å². The van der Waals surface area contributed by atoms with E-state index >= 15 is 0 Å². The monoisotopic (exact) mass is 240 g/mol. The molecule has 0 saturated heterocycles. The lowest BCUT2D eigenvalue weighted by molar-refractivity contribution is 0.0970. The van der Waals surface area contributed by atoms with Crippen LogP contribution in [0.3, 0.4) is 0 Å². The summed E-state index contributed by atoms with van der Waals surface area (Å²) in [5, 5.41) is 3.48. The molecule has 0 amide bonds. The number of hydrogen-bond donors (Lipinski definition) is 1. The van der Waals surface area contributed by atoms with Crippen molar-refractivity contribution in [2.45, 2.75) is 59.4 Å². The zero-order chi connectivity index (χ0) is 12.9. The first-order chi connectivity index (χ1) is 7.96. The molecule has 0 aromatic rings. The van der Waals surface area contributed by atoms with Crippen molar-refractivity contribution in [2.75, 3.05) is 26.7 Å². The van der Waals surface area contributed by atoms with Gasteiger partial charge in [-0.2, -0.15) is 0 Å². The standard InChI is InChI=1S/C15H32N2/c1-6-16-11-15(3,4)12-17(5)14-10-8-7-9-13(14)2/h13-14,16H,6-12H2,1-5H3. The number of hydrogen-bond acceptors (Lipinski definition) is 2. The molecule has 1 N–H and O–H groups in total. The Morgan fingerprint density at radius 3 is 2.47 bits per heavy atom. The number of nitrogens with one attached hydrogen (secondary N) is 1. The van der Waals surface area contributed by atoms with Crippen LogP contribution in [-0.2, 0) is 0 Å². The van der Waals surface area contributed by atoms with Crippen LogP contribution in [0.25, 0.3) is 0 Å². The lowest BCUT2D eigenvalue weighted by atomic mass is 9.83. The third kappa shape index (κ3) is 4.97. The van der Waals surface area contributed by atoms with Crippen LogP contribution < -0.4 is 5.32 Å². The predicted molar refractivity (Wildman–Crippen MR) is 76.4 cm³/mol. The van der Waals surface area contributed by atoms with Crippen LogP contribution in [-0.4, -0.2) is 37.6 Å². The molecular weight excluding hydrogens is 208 g/mol. The lowest BCUT2D eigenvalue weighted by Crippen LogP contribution is -2.46. The highest BCUT2D eigenvalue weighted by molar-refractivity contribution is 4.83. The summed E-state index contributed by atoms with van der Waals surface area (Å²) in [7, 11) is 2.32. The van der Waals surface area contributed by atoms with E-state index in [2.05, 4.69) is 45.0 Å². The fourth-order valence-corrected chi connectivity index (χ4v) is 3.26. The Labute approximate surface area is 108 Å². The van der Waals surface area contributed by atoms with E-state index in [1.54, 1.807) is 0 Å². The van der Waals surface area contributed by atoms with Crippen LogP contribution in [0.5, 0.6) is 0 Å². The van der Waals surface area contributed by atoms with Gasteiger partial charge in [0.15, 0.2) is 0 Å². The molecule has 0 heterocycles. The lowest BCUT2D eigenvalue weighted by Gasteiger charge is -2.40. The third-order valence-electron chi connectivity index (χ3n) is 4.16. The van der Waals surface area contributed by atoms with Crippen molar-refractivity contribution < 1.29 is 0 Å². The maximum atomic E-state index is 3.48. The summed E-state index contributed by atoms with van der Waals surface area (Å²) >= 11 is 0. The quantitative estimate of drug-likeness (QED) is 0.767. The molecule has 102 valence electrons. The summed E-state index contributed by atoms with van der Waals surface area (Å²) < 4.78 is 0. The van der Waals surface area contributed by atoms with Gasteiger partial charge in [-0.1, -0.05) is 40.5 Å². The summed E-state index contributed by atoms with van der Waals surface area (Å²) in [5.41, 5.74) is 0.377. The second-order valence-corrected chi connectivity index (χ2v) is 6.69. The average Bonchev–Trinajstić information content (AvgIpc) is 2.26. The molecule has 0 aliphatic heterocycles. The Kier molecular flexibility index (Phi) is 5.94. The maximum Gasteiger partial charge on any atom is 0.0118 e. The van der Waals surface area contributed by atoms with Gasteiger partial charge in [0.25, 0.3) is 0 Å². The second kappa shape index (κ2) is 6.75. The van der Waals surface area contributed by atoms with E-state index < -0.39 is 0 Å². The Bertz CT molecular complexity index is 213. The van der Waals surface area contributed by atoms with Crippen molar-refractivity contribution in [3.63, 3.8) is 0 Å². The minimum atomic E-state index is 0.377. The van der Waals surface area contributed by atoms with Crippen LogP contribution in [0.15, 0.2) is 0 Å². The van der Waals surface area contributed by atoms with E-state index in [0.29, 0.717) is 5.41 Å². The van der Waals surface area contributed by atoms with Crippen LogP contribution in [0.2, 0.25) is 0 Å². The Morgan fingerprint density at radius 1 is 1.24 bits per heavy atom. The minimum Gasteiger partial charge on any atom is -0.316 e. The number of rotatable bonds is 6. The van der Waals surface area contributed by atoms with Gasteiger partial charge in [0, 0.05) is 19.1 Å². The van der Waals surface area contributed by atoms with Crippen molar-refractivity contribution in [1.29, 1.82) is 0 Å². The smallest absolute Gasteiger partial charge is 0.0118 e. The van der Waals surface area contributed by atoms with Crippen LogP contribution in [0.4, 0.5) is 0 Å². The molecule has 0 radical (unpaired) electrons. The van der Waals surface area contributed by atoms with E-state index in [9.17, 15) is 0 Å². The highest BCUT2D eigenvalue weighted by Gasteiger charge is 2.28. The zero-order valence-corrected chi connectivity index (χ0v) is 12.6. The molecular formula is C15H32N2. The van der Waals surface area contributed by atoms with Gasteiger partial charge in [-0.3, -0.25) is 0 Å². The first-order valence-electron chi connectivity index (χ1n) is 7.37. The topological polar surface area (TPSA) is 15.3 Å². The normalized spacial score (nSPS) is 26.5. The largest absolute Gasteiger partial charge is 0.316 e. The molecule has 1 saturated carbocycles. The summed E-state index contributed by atoms with van der Waals surface area (Å²) in [6, 6.07) is 0.810. The molecule has 1 rings (SSSR count). The molecule has 1 aliphatic rings. The molecule has 2 atom stereocenters. The molecule has 2 nitrogen and oxygen atoms in total. The first-order valence-corrected chi connectivity index (χ1v) is 7.37. The summed E-state index contributed by atoms with van der Waals surface area (Å²) in [4.78, 5) is 2.61. The van der Waals surface area contributed by atoms with Gasteiger partial charge in [-0.15, -0.1) is 0 Å². The van der Waals surface area contributed by atoms with E-state index in [4.69, 9.17) is 0 Å². The molecule has 1 aliphatic carbocycles. The van der Waals surface area contributed by atoms with Crippen LogP contribution >= 0.6 is 0 Å². The first kappa shape index (κ1) is 15.0. The van der Waals surface area contributed by atoms with E-state index in [1.807, 2.05) is 0 Å². The molecule has 1 fully saturated rings. The van der Waals surface area contributed by atoms with Crippen LogP contribution in [0.1, 0.15) is 53.4 Å². The summed E-state index contributed by atoms with van der Waals surface area (Å²) in [6.45, 7) is 12.8. The molecule has 0 aromatic carbocycles. The van der Waals surface area contributed by atoms with Gasteiger partial charge >= 0.3 is 0 Å². The van der Waals surface area contributed by atoms with E-state index in [0.717, 1.165) is 25.0 Å². The average molecular weight is 240 g/mol. The van der Waals surface area contributed by atoms with Gasteiger partial charge in [0.1, 0.15) is 0 Å². The maximum absolute atomic E-state index is 3.48. The van der Waals surface area contributed by atoms with Gasteiger partial charge in [0.2, 0.25) is 0 Å². The minimum absolute atomic E-state index is 0.377. The second-order valence-electron chi connectivity index (χ2n) is 6.69. The van der Waals surface area contributed by atoms with E-state index in [-0.39, 0.29) is 0 Å². The highest BCUT2D eigenvalue weighted by Crippen LogP contribution is 2.29. The molecule has 0 spiro atoms. The SMILES string of the molecule is CCNCC(C)(C)CN(C)C1CCCCC1C. The molecule has 0 aromatic heterocycles. The van der Waals surface area contributed by atoms with Gasteiger partial charge in [-0.25, -0.2) is 0 Å². The van der Waals surface area contributed by atoms with Crippen molar-refractivity contribution in [3.8, 4) is 0 Å². The number of nitrogens with zero attached hydrogens (tertiary/aromatic N) is 1. The van der Waals surface area contributed by atoms with Gasteiger partial charge in [-0.05, 0) is 37.8 Å². The molecule has 0 bridgehead atoms. The highest BCUT2D eigenvalue weighted by atomic mass is 15.1. The predicted octanol–water partition coefficient (Wildman–Crippen LogP) is 3.13. The molecule has 2 heteroatoms. The zero-order valence-electron chi connectivity index (χ0n) is 12.6. The van der Waals surface area contributed by atoms with Gasteiger partial charge < -0.3 is 10.2 Å². The third-order valence-corrected chi connectivity index (χ3v) is 4.16. The Morgan fingerprint density at radius 2 is 1.88 bits per heavy atom. The van der Waals surface area contributed by atoms with Crippen molar-refractivity contribution in [1.82, 2.24) is 10.2 Å². The van der Waals surface area contributed by atoms with Gasteiger partial charge in [0.05, 0.1) is 0 Å². The molecule has 17 heavy (non-hydrogen) atoms. The fourth-order valence-electron chi connectivity index (χ4n) is 3.26. The summed E-state index contributed by atoms with van der Waals surface area (Å²) in [6.07, 6.45) is 5.68. The molecule has 2 unspecified atom stereocenters. The Hall–Kier alpha value is -0.0800. The van der Waals surface area contributed by atoms with E-state index in [1.165, 1.54) is 32.2 Å². The Balaban J connectivity index is 2.43. The van der Waals surface area contributed by atoms with Crippen LogP contribution in [0, 0.1) is 11.3 Å². The van der Waals surface area contributed by atoms with Crippen molar-refractivity contribution in [3.05, 3.63) is 0 Å². The van der Waals surface area contributed by atoms with Crippen molar-refractivity contribution >= 4 is 0 Å². The summed E-state index contributed by atoms with van der Waals surface area (Å²) in [5.74, 6) is 0.878. The fraction of sp³-hybridized carbons (Fsp3) is 1.00.